The number of rotatable bonds is 2. The summed E-state index contributed by atoms with van der Waals surface area (Å²) in [6.07, 6.45) is 1.72. The van der Waals surface area contributed by atoms with Gasteiger partial charge in [-0.3, -0.25) is 0 Å². The zero-order valence-electron chi connectivity index (χ0n) is 10.2. The molecule has 0 aliphatic heterocycles. The number of benzene rings is 1. The Hall–Kier alpha value is -1.46. The molecule has 3 nitrogen and oxygen atoms in total. The molecule has 1 N–H and O–H groups in total. The fourth-order valence-electron chi connectivity index (χ4n) is 1.83. The normalized spacial score (nSPS) is 11.1. The summed E-state index contributed by atoms with van der Waals surface area (Å²) in [5.74, 6) is 0.180. The third-order valence-corrected chi connectivity index (χ3v) is 4.62. The second-order valence-corrected chi connectivity index (χ2v) is 6.02. The molecule has 0 saturated heterocycles. The Morgan fingerprint density at radius 1 is 1.21 bits per heavy atom. The molecule has 5 heteroatoms. The quantitative estimate of drug-likeness (QED) is 0.756. The van der Waals surface area contributed by atoms with Crippen molar-refractivity contribution in [3.05, 3.63) is 52.6 Å². The molecule has 1 aromatic carbocycles. The molecule has 3 aromatic rings. The molecule has 0 radical (unpaired) electrons. The van der Waals surface area contributed by atoms with Gasteiger partial charge in [-0.2, -0.15) is 0 Å². The van der Waals surface area contributed by atoms with E-state index in [0.29, 0.717) is 4.47 Å². The van der Waals surface area contributed by atoms with Crippen LogP contribution in [0.5, 0.6) is 5.88 Å². The minimum Gasteiger partial charge on any atom is -0.493 e. The smallest absolute Gasteiger partial charge is 0.218 e. The third kappa shape index (κ3) is 2.24. The molecule has 0 atom stereocenters. The summed E-state index contributed by atoms with van der Waals surface area (Å²) < 4.78 is 2.40. The van der Waals surface area contributed by atoms with Crippen molar-refractivity contribution in [2.24, 2.45) is 0 Å². The van der Waals surface area contributed by atoms with Crippen LogP contribution in [0, 0.1) is 6.92 Å². The number of hydrogen-bond donors (Lipinski definition) is 1. The highest BCUT2D eigenvalue weighted by molar-refractivity contribution is 9.10. The van der Waals surface area contributed by atoms with Gasteiger partial charge in [0.05, 0.1) is 4.47 Å². The van der Waals surface area contributed by atoms with Gasteiger partial charge in [-0.05, 0) is 59.1 Å². The Kier molecular flexibility index (Phi) is 3.24. The maximum Gasteiger partial charge on any atom is 0.218 e. The summed E-state index contributed by atoms with van der Waals surface area (Å²) in [7, 11) is 0. The zero-order valence-corrected chi connectivity index (χ0v) is 12.6. The van der Waals surface area contributed by atoms with Crippen LogP contribution in [-0.4, -0.2) is 14.1 Å². The van der Waals surface area contributed by atoms with Crippen LogP contribution in [0.3, 0.4) is 0 Å². The number of fused-ring (bicyclic) bond motifs is 1. The lowest BCUT2D eigenvalue weighted by Crippen LogP contribution is -1.88. The Morgan fingerprint density at radius 3 is 2.68 bits per heavy atom. The van der Waals surface area contributed by atoms with E-state index in [2.05, 4.69) is 27.8 Å². The topological polar surface area (TPSA) is 38.0 Å². The summed E-state index contributed by atoms with van der Waals surface area (Å²) >= 11 is 4.85. The van der Waals surface area contributed by atoms with E-state index in [4.69, 9.17) is 0 Å². The number of aromatic hydroxyl groups is 1. The van der Waals surface area contributed by atoms with Gasteiger partial charge in [-0.25, -0.2) is 8.96 Å². The first-order valence-electron chi connectivity index (χ1n) is 5.76. The first-order chi connectivity index (χ1) is 9.16. The van der Waals surface area contributed by atoms with E-state index in [1.54, 1.807) is 10.2 Å². The van der Waals surface area contributed by atoms with Crippen LogP contribution < -0.4 is 0 Å². The highest BCUT2D eigenvalue weighted by Crippen LogP contribution is 2.39. The molecule has 0 spiro atoms. The first kappa shape index (κ1) is 12.6. The minimum atomic E-state index is 0.180. The molecule has 0 fully saturated rings. The van der Waals surface area contributed by atoms with Crippen molar-refractivity contribution in [2.45, 2.75) is 11.8 Å². The molecule has 96 valence electrons. The zero-order chi connectivity index (χ0) is 13.4. The van der Waals surface area contributed by atoms with E-state index in [9.17, 15) is 5.11 Å². The van der Waals surface area contributed by atoms with Crippen LogP contribution in [-0.2, 0) is 0 Å². The lowest BCUT2D eigenvalue weighted by atomic mass is 10.2. The van der Waals surface area contributed by atoms with Crippen LogP contribution in [0.2, 0.25) is 0 Å². The van der Waals surface area contributed by atoms with Crippen LogP contribution >= 0.6 is 27.9 Å². The molecular weight excluding hydrogens is 324 g/mol. The number of pyridine rings is 1. The Balaban J connectivity index is 2.10. The number of nitrogens with zero attached hydrogens (tertiary/aromatic N) is 2. The first-order valence-corrected chi connectivity index (χ1v) is 7.32. The molecule has 3 rings (SSSR count). The second-order valence-electron chi connectivity index (χ2n) is 4.21. The highest BCUT2D eigenvalue weighted by Gasteiger charge is 2.16. The maximum absolute atomic E-state index is 10.2. The monoisotopic (exact) mass is 334 g/mol. The number of halogens is 1. The predicted octanol–water partition coefficient (Wildman–Crippen LogP) is 4.37. The number of aryl methyl sites for hydroxylation is 1. The second kappa shape index (κ2) is 4.90. The molecule has 0 unspecified atom stereocenters. The van der Waals surface area contributed by atoms with E-state index in [1.807, 2.05) is 36.4 Å². The van der Waals surface area contributed by atoms with E-state index >= 15 is 0 Å². The Morgan fingerprint density at radius 2 is 1.95 bits per heavy atom. The standard InChI is InChI=1S/C14H11BrN2OS/c1-9-4-6-10(7-5-9)19-17-13-11(3-2-8-16-13)12(15)14(17)18/h2-8,18H,1H3. The molecule has 0 bridgehead atoms. The van der Waals surface area contributed by atoms with Gasteiger partial charge >= 0.3 is 0 Å². The van der Waals surface area contributed by atoms with Gasteiger partial charge in [-0.1, -0.05) is 17.7 Å². The average Bonchev–Trinajstić information content (AvgIpc) is 2.67. The van der Waals surface area contributed by atoms with Crippen LogP contribution in [0.25, 0.3) is 11.0 Å². The summed E-state index contributed by atoms with van der Waals surface area (Å²) in [5.41, 5.74) is 1.96. The lowest BCUT2D eigenvalue weighted by Gasteiger charge is -2.05. The van der Waals surface area contributed by atoms with E-state index in [1.165, 1.54) is 17.5 Å². The SMILES string of the molecule is Cc1ccc(Sn2c(O)c(Br)c3cccnc32)cc1. The van der Waals surface area contributed by atoms with E-state index in [-0.39, 0.29) is 5.88 Å². The largest absolute Gasteiger partial charge is 0.493 e. The van der Waals surface area contributed by atoms with Crippen LogP contribution in [0.4, 0.5) is 0 Å². The van der Waals surface area contributed by atoms with Crippen LogP contribution in [0.15, 0.2) is 52.0 Å². The minimum absolute atomic E-state index is 0.180. The predicted molar refractivity (Wildman–Crippen MR) is 81.5 cm³/mol. The van der Waals surface area contributed by atoms with Gasteiger partial charge in [0, 0.05) is 16.5 Å². The average molecular weight is 335 g/mol. The van der Waals surface area contributed by atoms with Crippen molar-refractivity contribution in [2.75, 3.05) is 0 Å². The summed E-state index contributed by atoms with van der Waals surface area (Å²) in [6, 6.07) is 11.9. The molecule has 0 aliphatic carbocycles. The molecule has 0 aliphatic rings. The van der Waals surface area contributed by atoms with Crippen molar-refractivity contribution >= 4 is 38.9 Å². The molecule has 0 saturated carbocycles. The summed E-state index contributed by atoms with van der Waals surface area (Å²) in [5, 5.41) is 11.1. The molecule has 2 heterocycles. The van der Waals surface area contributed by atoms with Gasteiger partial charge in [0.2, 0.25) is 5.88 Å². The summed E-state index contributed by atoms with van der Waals surface area (Å²) in [6.45, 7) is 2.05. The molecule has 0 amide bonds. The fourth-order valence-corrected chi connectivity index (χ4v) is 3.31. The molecule has 19 heavy (non-hydrogen) atoms. The van der Waals surface area contributed by atoms with Crippen molar-refractivity contribution in [3.63, 3.8) is 0 Å². The van der Waals surface area contributed by atoms with Gasteiger partial charge in [0.1, 0.15) is 0 Å². The number of hydrogen-bond acceptors (Lipinski definition) is 3. The fraction of sp³-hybridized carbons (Fsp3) is 0.0714. The summed E-state index contributed by atoms with van der Waals surface area (Å²) in [4.78, 5) is 5.38. The third-order valence-electron chi connectivity index (χ3n) is 2.82. The van der Waals surface area contributed by atoms with E-state index < -0.39 is 0 Å². The van der Waals surface area contributed by atoms with Gasteiger partial charge < -0.3 is 5.11 Å². The Labute approximate surface area is 123 Å². The molecular formula is C14H11BrN2OS. The highest BCUT2D eigenvalue weighted by atomic mass is 79.9. The number of aromatic nitrogens is 2. The van der Waals surface area contributed by atoms with Crippen LogP contribution in [0.1, 0.15) is 5.56 Å². The van der Waals surface area contributed by atoms with Gasteiger partial charge in [0.25, 0.3) is 0 Å². The van der Waals surface area contributed by atoms with Gasteiger partial charge in [0.15, 0.2) is 5.65 Å². The van der Waals surface area contributed by atoms with Crippen molar-refractivity contribution in [3.8, 4) is 5.88 Å². The Bertz CT molecular complexity index is 737. The van der Waals surface area contributed by atoms with Gasteiger partial charge in [-0.15, -0.1) is 0 Å². The van der Waals surface area contributed by atoms with Crippen molar-refractivity contribution < 1.29 is 5.11 Å². The maximum atomic E-state index is 10.2. The van der Waals surface area contributed by atoms with Crippen molar-refractivity contribution in [1.82, 2.24) is 8.96 Å². The molecule has 2 aromatic heterocycles. The van der Waals surface area contributed by atoms with E-state index in [0.717, 1.165) is 15.9 Å². The van der Waals surface area contributed by atoms with Crippen molar-refractivity contribution in [1.29, 1.82) is 0 Å². The lowest BCUT2D eigenvalue weighted by molar-refractivity contribution is 0.450.